The van der Waals surface area contributed by atoms with Gasteiger partial charge in [-0.3, -0.25) is 0 Å². The van der Waals surface area contributed by atoms with Crippen molar-refractivity contribution < 1.29 is 19.1 Å². The number of carbonyl (C=O) groups is 2. The molecule has 2 aliphatic carbocycles. The Hall–Kier alpha value is -1.58. The third-order valence-corrected chi connectivity index (χ3v) is 5.09. The highest BCUT2D eigenvalue weighted by molar-refractivity contribution is 6.09. The average Bonchev–Trinajstić information content (AvgIpc) is 2.39. The van der Waals surface area contributed by atoms with Crippen molar-refractivity contribution in [3.63, 3.8) is 0 Å². The van der Waals surface area contributed by atoms with E-state index in [0.717, 1.165) is 11.1 Å². The van der Waals surface area contributed by atoms with E-state index in [4.69, 9.17) is 9.47 Å². The van der Waals surface area contributed by atoms with Crippen LogP contribution in [0.4, 0.5) is 0 Å². The molecule has 0 heterocycles. The number of methoxy groups -OCH3 is 2. The van der Waals surface area contributed by atoms with Gasteiger partial charge in [-0.1, -0.05) is 25.0 Å². The number of esters is 2. The first-order valence-electron chi connectivity index (χ1n) is 5.88. The number of fused-ring (bicyclic) bond motifs is 1. The molecule has 0 aliphatic heterocycles. The van der Waals surface area contributed by atoms with Crippen molar-refractivity contribution in [3.8, 4) is 0 Å². The molecule has 4 heteroatoms. The molecule has 0 bridgehead atoms. The Labute approximate surface area is 107 Å². The highest BCUT2D eigenvalue weighted by Crippen LogP contribution is 2.75. The van der Waals surface area contributed by atoms with Gasteiger partial charge in [0, 0.05) is 10.8 Å². The lowest BCUT2D eigenvalue weighted by Crippen LogP contribution is -2.62. The van der Waals surface area contributed by atoms with Crippen LogP contribution in [-0.2, 0) is 19.1 Å². The second-order valence-electron chi connectivity index (χ2n) is 5.23. The third-order valence-electron chi connectivity index (χ3n) is 5.09. The van der Waals surface area contributed by atoms with Crippen LogP contribution in [0.25, 0.3) is 0 Å². The van der Waals surface area contributed by atoms with Gasteiger partial charge in [0.1, 0.15) is 0 Å². The summed E-state index contributed by atoms with van der Waals surface area (Å²) in [5.74, 6) is -0.885. The highest BCUT2D eigenvalue weighted by Gasteiger charge is 2.71. The highest BCUT2D eigenvalue weighted by atomic mass is 16.5. The van der Waals surface area contributed by atoms with Crippen molar-refractivity contribution >= 4 is 11.9 Å². The topological polar surface area (TPSA) is 52.6 Å². The molecule has 0 saturated heterocycles. The minimum Gasteiger partial charge on any atom is -0.466 e. The van der Waals surface area contributed by atoms with Gasteiger partial charge >= 0.3 is 11.9 Å². The number of rotatable bonds is 2. The van der Waals surface area contributed by atoms with Gasteiger partial charge in [0.2, 0.25) is 0 Å². The maximum atomic E-state index is 11.9. The molecule has 2 atom stereocenters. The third kappa shape index (κ3) is 0.982. The Bertz CT molecular complexity index is 480. The summed E-state index contributed by atoms with van der Waals surface area (Å²) in [5, 5.41) is 0. The summed E-state index contributed by atoms with van der Waals surface area (Å²) in [5.41, 5.74) is 2.38. The first-order valence-corrected chi connectivity index (χ1v) is 5.88. The van der Waals surface area contributed by atoms with Crippen molar-refractivity contribution in [1.82, 2.24) is 0 Å². The number of hydrogen-bond acceptors (Lipinski definition) is 4. The lowest BCUT2D eigenvalue weighted by atomic mass is 9.35. The van der Waals surface area contributed by atoms with E-state index in [1.807, 2.05) is 27.7 Å². The van der Waals surface area contributed by atoms with Crippen LogP contribution in [-0.4, -0.2) is 26.2 Å². The molecule has 0 amide bonds. The molecule has 98 valence electrons. The molecular formula is C14H18O4. The first kappa shape index (κ1) is 12.9. The quantitative estimate of drug-likeness (QED) is 0.555. The van der Waals surface area contributed by atoms with E-state index < -0.39 is 22.8 Å². The van der Waals surface area contributed by atoms with Crippen LogP contribution in [0.2, 0.25) is 0 Å². The van der Waals surface area contributed by atoms with Crippen LogP contribution in [0.5, 0.6) is 0 Å². The maximum Gasteiger partial charge on any atom is 0.335 e. The zero-order chi connectivity index (χ0) is 13.9. The average molecular weight is 250 g/mol. The molecule has 0 aromatic carbocycles. The zero-order valence-electron chi connectivity index (χ0n) is 11.6. The van der Waals surface area contributed by atoms with Crippen LogP contribution in [0.15, 0.2) is 22.3 Å². The van der Waals surface area contributed by atoms with E-state index in [9.17, 15) is 9.59 Å². The van der Waals surface area contributed by atoms with Gasteiger partial charge in [-0.05, 0) is 13.8 Å². The van der Waals surface area contributed by atoms with Crippen LogP contribution >= 0.6 is 0 Å². The lowest BCUT2D eigenvalue weighted by molar-refractivity contribution is -0.146. The SMILES string of the molecule is COC(=O)C1=C(C(=O)OC)[C@]2(C)C(C)=C(C)C12C. The summed E-state index contributed by atoms with van der Waals surface area (Å²) in [6, 6.07) is 0. The van der Waals surface area contributed by atoms with Gasteiger partial charge in [0.05, 0.1) is 25.4 Å². The van der Waals surface area contributed by atoms with Crippen molar-refractivity contribution in [1.29, 1.82) is 0 Å². The molecule has 2 rings (SSSR count). The Kier molecular flexibility index (Phi) is 2.48. The molecule has 0 N–H and O–H groups in total. The Morgan fingerprint density at radius 1 is 0.833 bits per heavy atom. The predicted molar refractivity (Wildman–Crippen MR) is 65.6 cm³/mol. The monoisotopic (exact) mass is 250 g/mol. The molecular weight excluding hydrogens is 232 g/mol. The smallest absolute Gasteiger partial charge is 0.335 e. The molecule has 0 radical (unpaired) electrons. The number of ether oxygens (including phenoxy) is 2. The molecule has 0 spiro atoms. The molecule has 0 fully saturated rings. The van der Waals surface area contributed by atoms with Crippen molar-refractivity contribution in [3.05, 3.63) is 22.3 Å². The van der Waals surface area contributed by atoms with Gasteiger partial charge in [0.25, 0.3) is 0 Å². The van der Waals surface area contributed by atoms with Gasteiger partial charge in [-0.25, -0.2) is 9.59 Å². The zero-order valence-corrected chi connectivity index (χ0v) is 11.6. The Balaban J connectivity index is 2.63. The van der Waals surface area contributed by atoms with Gasteiger partial charge in [-0.15, -0.1) is 0 Å². The summed E-state index contributed by atoms with van der Waals surface area (Å²) in [6.07, 6.45) is 0. The van der Waals surface area contributed by atoms with Gasteiger partial charge in [-0.2, -0.15) is 0 Å². The molecule has 0 aromatic rings. The van der Waals surface area contributed by atoms with Gasteiger partial charge < -0.3 is 9.47 Å². The summed E-state index contributed by atoms with van der Waals surface area (Å²) in [7, 11) is 2.65. The fraction of sp³-hybridized carbons (Fsp3) is 0.571. The standard InChI is InChI=1S/C14H18O4/c1-7-8(2)14(4)10(12(16)18-6)9(11(15)17-5)13(7,14)3/h1-6H3/t13-,14?/m0/s1. The second kappa shape index (κ2) is 3.46. The first-order chi connectivity index (χ1) is 8.28. The maximum absolute atomic E-state index is 11.9. The van der Waals surface area contributed by atoms with Gasteiger partial charge in [0.15, 0.2) is 0 Å². The van der Waals surface area contributed by atoms with Crippen LogP contribution in [0.1, 0.15) is 27.7 Å². The number of allylic oxidation sites excluding steroid dienone is 2. The number of hydrogen-bond donors (Lipinski definition) is 0. The van der Waals surface area contributed by atoms with E-state index in [2.05, 4.69) is 0 Å². The van der Waals surface area contributed by atoms with E-state index in [1.54, 1.807) is 0 Å². The molecule has 0 aromatic heterocycles. The van der Waals surface area contributed by atoms with Crippen molar-refractivity contribution in [2.75, 3.05) is 14.2 Å². The van der Waals surface area contributed by atoms with Crippen molar-refractivity contribution in [2.45, 2.75) is 27.7 Å². The summed E-state index contributed by atoms with van der Waals surface area (Å²) < 4.78 is 9.60. The minimum absolute atomic E-state index is 0.395. The van der Waals surface area contributed by atoms with Crippen LogP contribution in [0.3, 0.4) is 0 Å². The fourth-order valence-corrected chi connectivity index (χ4v) is 3.57. The van der Waals surface area contributed by atoms with Crippen LogP contribution in [0, 0.1) is 10.8 Å². The normalized spacial score (nSPS) is 33.4. The van der Waals surface area contributed by atoms with E-state index >= 15 is 0 Å². The van der Waals surface area contributed by atoms with Crippen LogP contribution < -0.4 is 0 Å². The molecule has 1 unspecified atom stereocenters. The largest absolute Gasteiger partial charge is 0.466 e. The Morgan fingerprint density at radius 3 is 1.33 bits per heavy atom. The molecule has 4 nitrogen and oxygen atoms in total. The molecule has 2 aliphatic rings. The van der Waals surface area contributed by atoms with E-state index in [0.29, 0.717) is 11.1 Å². The van der Waals surface area contributed by atoms with E-state index in [-0.39, 0.29) is 0 Å². The Morgan fingerprint density at radius 2 is 1.11 bits per heavy atom. The number of carbonyl (C=O) groups excluding carboxylic acids is 2. The molecule has 0 saturated carbocycles. The second-order valence-corrected chi connectivity index (χ2v) is 5.23. The lowest BCUT2D eigenvalue weighted by Gasteiger charge is -2.65. The summed E-state index contributed by atoms with van der Waals surface area (Å²) in [4.78, 5) is 23.8. The summed E-state index contributed by atoms with van der Waals surface area (Å²) >= 11 is 0. The molecule has 18 heavy (non-hydrogen) atoms. The van der Waals surface area contributed by atoms with Crippen molar-refractivity contribution in [2.24, 2.45) is 10.8 Å². The van der Waals surface area contributed by atoms with E-state index in [1.165, 1.54) is 14.2 Å². The minimum atomic E-state index is -0.442. The fourth-order valence-electron chi connectivity index (χ4n) is 3.57. The summed E-state index contributed by atoms with van der Waals surface area (Å²) in [6.45, 7) is 7.95. The predicted octanol–water partition coefficient (Wildman–Crippen LogP) is 2.01.